The summed E-state index contributed by atoms with van der Waals surface area (Å²) in [6.07, 6.45) is 1.98. The summed E-state index contributed by atoms with van der Waals surface area (Å²) in [5, 5.41) is 2.92. The largest absolute Gasteiger partial charge is 0.497 e. The zero-order chi connectivity index (χ0) is 18.8. The summed E-state index contributed by atoms with van der Waals surface area (Å²) in [6.45, 7) is 3.54. The van der Waals surface area contributed by atoms with Crippen LogP contribution in [-0.4, -0.2) is 51.2 Å². The predicted octanol–water partition coefficient (Wildman–Crippen LogP) is 2.82. The molecule has 140 valence electrons. The van der Waals surface area contributed by atoms with Gasteiger partial charge in [0.2, 0.25) is 0 Å². The summed E-state index contributed by atoms with van der Waals surface area (Å²) in [5.41, 5.74) is 3.62. The number of ether oxygens (including phenoxy) is 2. The Balaban J connectivity index is 1.46. The number of rotatable bonds is 4. The van der Waals surface area contributed by atoms with Gasteiger partial charge in [-0.3, -0.25) is 4.79 Å². The maximum Gasteiger partial charge on any atom is 0.257 e. The van der Waals surface area contributed by atoms with Gasteiger partial charge in [-0.2, -0.15) is 0 Å². The zero-order valence-corrected chi connectivity index (χ0v) is 15.6. The van der Waals surface area contributed by atoms with E-state index in [4.69, 9.17) is 9.47 Å². The van der Waals surface area contributed by atoms with Crippen LogP contribution in [0.25, 0.3) is 5.57 Å². The Hall–Kier alpha value is -3.15. The molecule has 0 unspecified atom stereocenters. The third kappa shape index (κ3) is 3.43. The van der Waals surface area contributed by atoms with Crippen molar-refractivity contribution in [2.45, 2.75) is 0 Å². The minimum atomic E-state index is -0.0594. The van der Waals surface area contributed by atoms with Gasteiger partial charge in [-0.05, 0) is 42.5 Å². The number of amides is 1. The standard InChI is InChI=1S/C21H23N3O3/c1-26-16-5-3-15(4-6-16)24-11-9-23(10-12-24)14-19-18-13-17(27-2)7-8-20(18)22-21(19)25/h3-8,13-14H,9-12H2,1-2H3,(H,22,25)/b19-14+. The smallest absolute Gasteiger partial charge is 0.257 e. The van der Waals surface area contributed by atoms with Crippen LogP contribution in [0.2, 0.25) is 0 Å². The molecule has 0 bridgehead atoms. The molecule has 2 aromatic carbocycles. The van der Waals surface area contributed by atoms with Gasteiger partial charge in [-0.15, -0.1) is 0 Å². The maximum atomic E-state index is 12.4. The van der Waals surface area contributed by atoms with Crippen molar-refractivity contribution in [1.29, 1.82) is 0 Å². The van der Waals surface area contributed by atoms with Gasteiger partial charge in [-0.1, -0.05) is 0 Å². The number of fused-ring (bicyclic) bond motifs is 1. The van der Waals surface area contributed by atoms with Gasteiger partial charge in [0, 0.05) is 49.3 Å². The molecule has 6 nitrogen and oxygen atoms in total. The average Bonchev–Trinajstić information content (AvgIpc) is 3.03. The van der Waals surface area contributed by atoms with Crippen LogP contribution >= 0.6 is 0 Å². The van der Waals surface area contributed by atoms with Crippen LogP contribution in [0.5, 0.6) is 11.5 Å². The number of nitrogens with one attached hydrogen (secondary N) is 1. The van der Waals surface area contributed by atoms with Crippen LogP contribution in [-0.2, 0) is 4.79 Å². The molecule has 27 heavy (non-hydrogen) atoms. The van der Waals surface area contributed by atoms with E-state index in [9.17, 15) is 4.79 Å². The molecule has 1 N–H and O–H groups in total. The fourth-order valence-corrected chi connectivity index (χ4v) is 3.51. The lowest BCUT2D eigenvalue weighted by molar-refractivity contribution is -0.110. The molecule has 6 heteroatoms. The Morgan fingerprint density at radius 2 is 1.59 bits per heavy atom. The van der Waals surface area contributed by atoms with E-state index in [1.165, 1.54) is 5.69 Å². The molecule has 2 heterocycles. The molecule has 0 spiro atoms. The SMILES string of the molecule is COc1ccc(N2CCN(/C=C3/C(=O)Nc4ccc(OC)cc43)CC2)cc1. The van der Waals surface area contributed by atoms with Crippen molar-refractivity contribution in [1.82, 2.24) is 4.90 Å². The van der Waals surface area contributed by atoms with E-state index < -0.39 is 0 Å². The molecule has 1 fully saturated rings. The number of piperazine rings is 1. The Bertz CT molecular complexity index is 869. The number of carbonyl (C=O) groups is 1. The van der Waals surface area contributed by atoms with Crippen molar-refractivity contribution in [2.24, 2.45) is 0 Å². The van der Waals surface area contributed by atoms with Gasteiger partial charge in [0.1, 0.15) is 11.5 Å². The molecule has 4 rings (SSSR count). The second kappa shape index (κ2) is 7.23. The number of nitrogens with zero attached hydrogens (tertiary/aromatic N) is 2. The first-order chi connectivity index (χ1) is 13.2. The van der Waals surface area contributed by atoms with E-state index in [1.807, 2.05) is 36.5 Å². The quantitative estimate of drug-likeness (QED) is 0.845. The van der Waals surface area contributed by atoms with Gasteiger partial charge in [0.05, 0.1) is 19.8 Å². The van der Waals surface area contributed by atoms with E-state index >= 15 is 0 Å². The van der Waals surface area contributed by atoms with E-state index in [1.54, 1.807) is 14.2 Å². The zero-order valence-electron chi connectivity index (χ0n) is 15.6. The summed E-state index contributed by atoms with van der Waals surface area (Å²) in [7, 11) is 3.31. The van der Waals surface area contributed by atoms with Crippen molar-refractivity contribution in [3.8, 4) is 11.5 Å². The highest BCUT2D eigenvalue weighted by atomic mass is 16.5. The van der Waals surface area contributed by atoms with E-state index in [-0.39, 0.29) is 5.91 Å². The van der Waals surface area contributed by atoms with Gasteiger partial charge in [0.25, 0.3) is 5.91 Å². The summed E-state index contributed by atoms with van der Waals surface area (Å²) in [4.78, 5) is 16.9. The summed E-state index contributed by atoms with van der Waals surface area (Å²) in [6, 6.07) is 13.8. The van der Waals surface area contributed by atoms with Crippen LogP contribution in [0.1, 0.15) is 5.56 Å². The highest BCUT2D eigenvalue weighted by Crippen LogP contribution is 2.35. The molecule has 2 aromatic rings. The van der Waals surface area contributed by atoms with E-state index in [0.29, 0.717) is 5.57 Å². The molecule has 0 aromatic heterocycles. The van der Waals surface area contributed by atoms with Gasteiger partial charge < -0.3 is 24.6 Å². The van der Waals surface area contributed by atoms with E-state index in [2.05, 4.69) is 27.2 Å². The molecule has 0 radical (unpaired) electrons. The molecule has 0 atom stereocenters. The van der Waals surface area contributed by atoms with Crippen molar-refractivity contribution in [3.05, 3.63) is 54.2 Å². The molecule has 2 aliphatic heterocycles. The average molecular weight is 365 g/mol. The molecule has 1 saturated heterocycles. The molecule has 0 aliphatic carbocycles. The number of hydrogen-bond donors (Lipinski definition) is 1. The predicted molar refractivity (Wildman–Crippen MR) is 106 cm³/mol. The Morgan fingerprint density at radius 3 is 2.26 bits per heavy atom. The topological polar surface area (TPSA) is 54.0 Å². The summed E-state index contributed by atoms with van der Waals surface area (Å²) < 4.78 is 10.5. The van der Waals surface area contributed by atoms with Crippen LogP contribution in [0.15, 0.2) is 48.7 Å². The molecule has 1 amide bonds. The Labute approximate surface area is 159 Å². The maximum absolute atomic E-state index is 12.4. The molecule has 2 aliphatic rings. The number of hydrogen-bond acceptors (Lipinski definition) is 5. The molecular formula is C21H23N3O3. The Kier molecular flexibility index (Phi) is 4.62. The lowest BCUT2D eigenvalue weighted by atomic mass is 10.1. The van der Waals surface area contributed by atoms with Crippen molar-refractivity contribution in [3.63, 3.8) is 0 Å². The van der Waals surface area contributed by atoms with E-state index in [0.717, 1.165) is 48.9 Å². The van der Waals surface area contributed by atoms with Crippen LogP contribution < -0.4 is 19.7 Å². The summed E-state index contributed by atoms with van der Waals surface area (Å²) in [5.74, 6) is 1.56. The highest BCUT2D eigenvalue weighted by Gasteiger charge is 2.26. The van der Waals surface area contributed by atoms with Gasteiger partial charge in [-0.25, -0.2) is 0 Å². The Morgan fingerprint density at radius 1 is 0.926 bits per heavy atom. The number of anilines is 2. The first kappa shape index (κ1) is 17.3. The van der Waals surface area contributed by atoms with Crippen LogP contribution in [0.4, 0.5) is 11.4 Å². The minimum absolute atomic E-state index is 0.0594. The van der Waals surface area contributed by atoms with Crippen molar-refractivity contribution < 1.29 is 14.3 Å². The fourth-order valence-electron chi connectivity index (χ4n) is 3.51. The minimum Gasteiger partial charge on any atom is -0.497 e. The van der Waals surface area contributed by atoms with Gasteiger partial charge >= 0.3 is 0 Å². The normalized spacial score (nSPS) is 17.7. The van der Waals surface area contributed by atoms with Gasteiger partial charge in [0.15, 0.2) is 0 Å². The number of benzene rings is 2. The summed E-state index contributed by atoms with van der Waals surface area (Å²) >= 11 is 0. The third-order valence-corrected chi connectivity index (χ3v) is 5.07. The third-order valence-electron chi connectivity index (χ3n) is 5.07. The second-order valence-electron chi connectivity index (χ2n) is 6.63. The monoisotopic (exact) mass is 365 g/mol. The highest BCUT2D eigenvalue weighted by molar-refractivity contribution is 6.31. The van der Waals surface area contributed by atoms with Crippen molar-refractivity contribution in [2.75, 3.05) is 50.6 Å². The molecular weight excluding hydrogens is 342 g/mol. The van der Waals surface area contributed by atoms with Crippen molar-refractivity contribution >= 4 is 22.9 Å². The lowest BCUT2D eigenvalue weighted by Crippen LogP contribution is -2.44. The fraction of sp³-hybridized carbons (Fsp3) is 0.286. The first-order valence-corrected chi connectivity index (χ1v) is 9.02. The van der Waals surface area contributed by atoms with Crippen LogP contribution in [0, 0.1) is 0 Å². The molecule has 0 saturated carbocycles. The first-order valence-electron chi connectivity index (χ1n) is 9.02. The second-order valence-corrected chi connectivity index (χ2v) is 6.63. The number of methoxy groups -OCH3 is 2. The van der Waals surface area contributed by atoms with Crippen LogP contribution in [0.3, 0.4) is 0 Å². The number of carbonyl (C=O) groups excluding carboxylic acids is 1. The lowest BCUT2D eigenvalue weighted by Gasteiger charge is -2.35.